The van der Waals surface area contributed by atoms with Crippen molar-refractivity contribution in [1.82, 2.24) is 15.5 Å². The topological polar surface area (TPSA) is 80.5 Å². The number of anilines is 1. The molecule has 7 nitrogen and oxygen atoms in total. The summed E-state index contributed by atoms with van der Waals surface area (Å²) in [5, 5.41) is 11.3. The van der Waals surface area contributed by atoms with E-state index in [0.717, 1.165) is 43.2 Å². The van der Waals surface area contributed by atoms with Crippen molar-refractivity contribution >= 4 is 11.7 Å². The molecule has 2 aromatic heterocycles. The quantitative estimate of drug-likeness (QED) is 0.910. The van der Waals surface area contributed by atoms with Gasteiger partial charge in [0.05, 0.1) is 24.6 Å². The van der Waals surface area contributed by atoms with Gasteiger partial charge in [-0.25, -0.2) is 0 Å². The lowest BCUT2D eigenvalue weighted by Gasteiger charge is -2.34. The van der Waals surface area contributed by atoms with Gasteiger partial charge in [0.25, 0.3) is 0 Å². The molecule has 0 aromatic carbocycles. The Bertz CT molecular complexity index is 716. The van der Waals surface area contributed by atoms with Crippen molar-refractivity contribution in [1.29, 1.82) is 0 Å². The van der Waals surface area contributed by atoms with E-state index in [-0.39, 0.29) is 18.1 Å². The number of ether oxygens (including phenoxy) is 1. The maximum absolute atomic E-state index is 12.4. The van der Waals surface area contributed by atoms with Crippen LogP contribution < -0.4 is 10.2 Å². The lowest BCUT2D eigenvalue weighted by atomic mass is 9.91. The first kappa shape index (κ1) is 16.1. The molecule has 1 N–H and O–H groups in total. The number of carbonyl (C=O) groups is 1. The zero-order chi connectivity index (χ0) is 17.2. The lowest BCUT2D eigenvalue weighted by molar-refractivity contribution is -0.132. The smallest absolute Gasteiger partial charge is 0.249 e. The molecule has 0 aliphatic carbocycles. The molecule has 2 aliphatic heterocycles. The third-order valence-corrected chi connectivity index (χ3v) is 4.97. The SMILES string of the molecule is Cc1ccc(N2CC[C@H]3C[C@@H](C(=O)NCc4ccco4)O[C@@H]3C2)nn1. The van der Waals surface area contributed by atoms with E-state index in [1.807, 2.05) is 31.2 Å². The molecular formula is C18H22N4O3. The van der Waals surface area contributed by atoms with Gasteiger partial charge in [0.2, 0.25) is 5.91 Å². The molecule has 0 unspecified atom stereocenters. The van der Waals surface area contributed by atoms with Crippen molar-refractivity contribution in [3.05, 3.63) is 42.0 Å². The second-order valence-corrected chi connectivity index (χ2v) is 6.72. The Labute approximate surface area is 146 Å². The molecule has 2 saturated heterocycles. The lowest BCUT2D eigenvalue weighted by Crippen LogP contribution is -2.43. The van der Waals surface area contributed by atoms with Crippen LogP contribution in [-0.2, 0) is 16.1 Å². The summed E-state index contributed by atoms with van der Waals surface area (Å²) in [7, 11) is 0. The molecule has 2 fully saturated rings. The van der Waals surface area contributed by atoms with Crippen LogP contribution in [0.3, 0.4) is 0 Å². The molecule has 2 aromatic rings. The summed E-state index contributed by atoms with van der Waals surface area (Å²) in [6.45, 7) is 3.99. The summed E-state index contributed by atoms with van der Waals surface area (Å²) in [5.41, 5.74) is 0.907. The van der Waals surface area contributed by atoms with Crippen molar-refractivity contribution in [3.63, 3.8) is 0 Å². The predicted molar refractivity (Wildman–Crippen MR) is 90.9 cm³/mol. The first-order valence-corrected chi connectivity index (χ1v) is 8.70. The highest BCUT2D eigenvalue weighted by atomic mass is 16.5. The number of furan rings is 1. The Morgan fingerprint density at radius 3 is 3.04 bits per heavy atom. The largest absolute Gasteiger partial charge is 0.467 e. The number of piperidine rings is 1. The van der Waals surface area contributed by atoms with Crippen LogP contribution in [0.15, 0.2) is 34.9 Å². The van der Waals surface area contributed by atoms with Crippen LogP contribution in [-0.4, -0.2) is 41.4 Å². The number of carbonyl (C=O) groups excluding carboxylic acids is 1. The van der Waals surface area contributed by atoms with Crippen LogP contribution in [0, 0.1) is 12.8 Å². The van der Waals surface area contributed by atoms with Gasteiger partial charge >= 0.3 is 0 Å². The number of rotatable bonds is 4. The number of nitrogens with one attached hydrogen (secondary N) is 1. The van der Waals surface area contributed by atoms with Crippen LogP contribution in [0.2, 0.25) is 0 Å². The first-order valence-electron chi connectivity index (χ1n) is 8.70. The molecule has 132 valence electrons. The highest BCUT2D eigenvalue weighted by Crippen LogP contribution is 2.34. The Hall–Kier alpha value is -2.41. The van der Waals surface area contributed by atoms with Crippen molar-refractivity contribution in [2.75, 3.05) is 18.0 Å². The number of hydrogen-bond donors (Lipinski definition) is 1. The molecule has 4 rings (SSSR count). The van der Waals surface area contributed by atoms with Crippen molar-refractivity contribution in [3.8, 4) is 0 Å². The maximum atomic E-state index is 12.4. The van der Waals surface area contributed by atoms with E-state index in [1.165, 1.54) is 0 Å². The van der Waals surface area contributed by atoms with E-state index in [1.54, 1.807) is 6.26 Å². The summed E-state index contributed by atoms with van der Waals surface area (Å²) < 4.78 is 11.3. The third-order valence-electron chi connectivity index (χ3n) is 4.97. The van der Waals surface area contributed by atoms with E-state index >= 15 is 0 Å². The zero-order valence-electron chi connectivity index (χ0n) is 14.2. The maximum Gasteiger partial charge on any atom is 0.249 e. The van der Waals surface area contributed by atoms with Crippen molar-refractivity contribution < 1.29 is 13.9 Å². The first-order chi connectivity index (χ1) is 12.2. The molecule has 1 amide bonds. The molecule has 0 saturated carbocycles. The van der Waals surface area contributed by atoms with E-state index in [2.05, 4.69) is 20.4 Å². The second kappa shape index (κ2) is 6.84. The van der Waals surface area contributed by atoms with E-state index in [9.17, 15) is 4.79 Å². The van der Waals surface area contributed by atoms with Crippen LogP contribution >= 0.6 is 0 Å². The molecule has 0 spiro atoms. The number of aromatic nitrogens is 2. The second-order valence-electron chi connectivity index (χ2n) is 6.72. The van der Waals surface area contributed by atoms with Crippen LogP contribution in [0.1, 0.15) is 24.3 Å². The fourth-order valence-corrected chi connectivity index (χ4v) is 3.57. The highest BCUT2D eigenvalue weighted by molar-refractivity contribution is 5.81. The van der Waals surface area contributed by atoms with Gasteiger partial charge in [-0.05, 0) is 49.9 Å². The fourth-order valence-electron chi connectivity index (χ4n) is 3.57. The van der Waals surface area contributed by atoms with E-state index < -0.39 is 0 Å². The van der Waals surface area contributed by atoms with Gasteiger partial charge in [-0.15, -0.1) is 5.10 Å². The molecule has 2 aliphatic rings. The number of fused-ring (bicyclic) bond motifs is 1. The predicted octanol–water partition coefficient (Wildman–Crippen LogP) is 1.68. The van der Waals surface area contributed by atoms with Gasteiger partial charge in [0, 0.05) is 13.1 Å². The zero-order valence-corrected chi connectivity index (χ0v) is 14.2. The van der Waals surface area contributed by atoms with Crippen molar-refractivity contribution in [2.24, 2.45) is 5.92 Å². The summed E-state index contributed by atoms with van der Waals surface area (Å²) in [4.78, 5) is 14.6. The minimum Gasteiger partial charge on any atom is -0.467 e. The van der Waals surface area contributed by atoms with Crippen LogP contribution in [0.5, 0.6) is 0 Å². The van der Waals surface area contributed by atoms with Gasteiger partial charge in [-0.3, -0.25) is 4.79 Å². The van der Waals surface area contributed by atoms with Crippen molar-refractivity contribution in [2.45, 2.75) is 38.5 Å². The average Bonchev–Trinajstić information content (AvgIpc) is 3.29. The molecule has 25 heavy (non-hydrogen) atoms. The summed E-state index contributed by atoms with van der Waals surface area (Å²) >= 11 is 0. The Balaban J connectivity index is 1.33. The Morgan fingerprint density at radius 2 is 2.28 bits per heavy atom. The normalized spacial score (nSPS) is 25.6. The molecule has 3 atom stereocenters. The van der Waals surface area contributed by atoms with Gasteiger partial charge in [-0.1, -0.05) is 0 Å². The summed E-state index contributed by atoms with van der Waals surface area (Å²) in [6.07, 6.45) is 3.07. The molecule has 0 radical (unpaired) electrons. The number of nitrogens with zero attached hydrogens (tertiary/aromatic N) is 3. The minimum absolute atomic E-state index is 0.0625. The molecule has 7 heteroatoms. The van der Waals surface area contributed by atoms with E-state index in [0.29, 0.717) is 12.5 Å². The average molecular weight is 342 g/mol. The Morgan fingerprint density at radius 1 is 1.36 bits per heavy atom. The van der Waals surface area contributed by atoms with Crippen LogP contribution in [0.4, 0.5) is 5.82 Å². The molecular weight excluding hydrogens is 320 g/mol. The fraction of sp³-hybridized carbons (Fsp3) is 0.500. The molecule has 4 heterocycles. The number of aryl methyl sites for hydroxylation is 1. The van der Waals surface area contributed by atoms with Gasteiger partial charge < -0.3 is 19.4 Å². The highest BCUT2D eigenvalue weighted by Gasteiger charge is 2.42. The minimum atomic E-state index is -0.381. The van der Waals surface area contributed by atoms with Crippen LogP contribution in [0.25, 0.3) is 0 Å². The number of amides is 1. The summed E-state index contributed by atoms with van der Waals surface area (Å²) in [6, 6.07) is 7.61. The molecule has 0 bridgehead atoms. The third kappa shape index (κ3) is 3.51. The van der Waals surface area contributed by atoms with Gasteiger partial charge in [-0.2, -0.15) is 5.10 Å². The summed E-state index contributed by atoms with van der Waals surface area (Å²) in [5.74, 6) is 1.98. The van der Waals surface area contributed by atoms with Gasteiger partial charge in [0.1, 0.15) is 11.9 Å². The van der Waals surface area contributed by atoms with E-state index in [4.69, 9.17) is 9.15 Å². The monoisotopic (exact) mass is 342 g/mol. The standard InChI is InChI=1S/C18H22N4O3/c1-12-4-5-17(21-20-12)22-7-6-13-9-15(25-16(13)11-22)18(23)19-10-14-3-2-8-24-14/h2-5,8,13,15-16H,6-7,9-11H2,1H3,(H,19,23)/t13-,15-,16+/m0/s1. The Kier molecular flexibility index (Phi) is 4.40. The van der Waals surface area contributed by atoms with Gasteiger partial charge in [0.15, 0.2) is 5.82 Å². The number of hydrogen-bond acceptors (Lipinski definition) is 6.